The van der Waals surface area contributed by atoms with E-state index in [1.165, 1.54) is 33.5 Å². The Morgan fingerprint density at radius 3 is 2.06 bits per heavy atom. The molecule has 2 aromatic rings. The van der Waals surface area contributed by atoms with Crippen LogP contribution in [0.25, 0.3) is 0 Å². The van der Waals surface area contributed by atoms with Gasteiger partial charge in [-0.05, 0) is 64.5 Å². The van der Waals surface area contributed by atoms with Gasteiger partial charge in [-0.3, -0.25) is 4.79 Å². The van der Waals surface area contributed by atoms with E-state index in [0.717, 1.165) is 0 Å². The maximum absolute atomic E-state index is 12.4. The Hall–Kier alpha value is -3.92. The number of nitrogens with one attached hydrogen (secondary N) is 1. The Labute approximate surface area is 198 Å². The zero-order valence-corrected chi connectivity index (χ0v) is 19.6. The maximum atomic E-state index is 12.4. The summed E-state index contributed by atoms with van der Waals surface area (Å²) in [6, 6.07) is 9.96. The minimum Gasteiger partial charge on any atom is -0.493 e. The summed E-state index contributed by atoms with van der Waals surface area (Å²) in [5.41, 5.74) is 4.00. The van der Waals surface area contributed by atoms with Crippen LogP contribution in [0.2, 0.25) is 0 Å². The van der Waals surface area contributed by atoms with Crippen LogP contribution in [0.1, 0.15) is 20.7 Å². The van der Waals surface area contributed by atoms with Crippen LogP contribution in [0.5, 0.6) is 17.2 Å². The van der Waals surface area contributed by atoms with Crippen LogP contribution in [-0.2, 0) is 4.84 Å². The molecule has 0 bridgehead atoms. The van der Waals surface area contributed by atoms with Gasteiger partial charge in [0.25, 0.3) is 5.91 Å². The molecule has 1 amide bonds. The van der Waals surface area contributed by atoms with Crippen molar-refractivity contribution in [1.82, 2.24) is 5.43 Å². The molecule has 3 rings (SSSR count). The summed E-state index contributed by atoms with van der Waals surface area (Å²) in [5.74, 6) is -0.0579. The van der Waals surface area contributed by atoms with E-state index in [4.69, 9.17) is 19.0 Å². The lowest BCUT2D eigenvalue weighted by molar-refractivity contribution is 0.0516. The highest BCUT2D eigenvalue weighted by atomic mass is 79.9. The molecule has 1 aliphatic carbocycles. The van der Waals surface area contributed by atoms with Crippen molar-refractivity contribution in [3.8, 4) is 17.2 Å². The lowest BCUT2D eigenvalue weighted by Gasteiger charge is -2.13. The van der Waals surface area contributed by atoms with Crippen molar-refractivity contribution >= 4 is 39.2 Å². The smallest absolute Gasteiger partial charge is 0.366 e. The molecular formula is C23H20BrN3O6. The number of rotatable bonds is 7. The van der Waals surface area contributed by atoms with Crippen molar-refractivity contribution in [2.75, 3.05) is 21.3 Å². The monoisotopic (exact) mass is 513 g/mol. The summed E-state index contributed by atoms with van der Waals surface area (Å²) in [6.07, 6.45) is 6.41. The van der Waals surface area contributed by atoms with E-state index in [1.54, 1.807) is 42.5 Å². The molecule has 1 N–H and O–H groups in total. The first kappa shape index (κ1) is 23.7. The number of halogens is 1. The minimum absolute atomic E-state index is 0.176. The highest BCUT2D eigenvalue weighted by molar-refractivity contribution is 9.10. The molecule has 1 aliphatic rings. The maximum Gasteiger partial charge on any atom is 0.366 e. The van der Waals surface area contributed by atoms with Gasteiger partial charge < -0.3 is 19.0 Å². The van der Waals surface area contributed by atoms with Gasteiger partial charge in [-0.15, -0.1) is 0 Å². The molecule has 0 radical (unpaired) electrons. The molecule has 33 heavy (non-hydrogen) atoms. The van der Waals surface area contributed by atoms with Crippen LogP contribution in [0, 0.1) is 0 Å². The second-order valence-electron chi connectivity index (χ2n) is 6.43. The number of oxime groups is 1. The van der Waals surface area contributed by atoms with Crippen molar-refractivity contribution in [2.45, 2.75) is 0 Å². The number of ether oxygens (including phenoxy) is 3. The summed E-state index contributed by atoms with van der Waals surface area (Å²) in [6.45, 7) is 0. The molecule has 170 valence electrons. The Morgan fingerprint density at radius 1 is 0.879 bits per heavy atom. The second kappa shape index (κ2) is 11.1. The topological polar surface area (TPSA) is 108 Å². The molecule has 0 unspecified atom stereocenters. The predicted octanol–water partition coefficient (Wildman–Crippen LogP) is 3.90. The van der Waals surface area contributed by atoms with Gasteiger partial charge in [-0.2, -0.15) is 5.10 Å². The van der Waals surface area contributed by atoms with Crippen molar-refractivity contribution in [3.05, 3.63) is 76.3 Å². The van der Waals surface area contributed by atoms with E-state index in [2.05, 4.69) is 31.6 Å². The van der Waals surface area contributed by atoms with Gasteiger partial charge in [0, 0.05) is 4.47 Å². The van der Waals surface area contributed by atoms with E-state index < -0.39 is 5.97 Å². The van der Waals surface area contributed by atoms with E-state index in [0.29, 0.717) is 38.7 Å². The van der Waals surface area contributed by atoms with Crippen molar-refractivity contribution < 1.29 is 28.6 Å². The molecule has 0 spiro atoms. The second-order valence-corrected chi connectivity index (χ2v) is 7.29. The van der Waals surface area contributed by atoms with Crippen LogP contribution < -0.4 is 19.6 Å². The summed E-state index contributed by atoms with van der Waals surface area (Å²) in [7, 11) is 4.37. The molecule has 0 aromatic heterocycles. The van der Waals surface area contributed by atoms with Gasteiger partial charge in [0.2, 0.25) is 5.75 Å². The minimum atomic E-state index is -0.705. The molecule has 0 fully saturated rings. The fourth-order valence-electron chi connectivity index (χ4n) is 2.75. The van der Waals surface area contributed by atoms with Crippen molar-refractivity contribution in [2.24, 2.45) is 10.3 Å². The van der Waals surface area contributed by atoms with Crippen LogP contribution in [0.4, 0.5) is 0 Å². The van der Waals surface area contributed by atoms with Gasteiger partial charge in [0.05, 0.1) is 38.2 Å². The van der Waals surface area contributed by atoms with Gasteiger partial charge in [-0.1, -0.05) is 17.3 Å². The number of amides is 1. The first-order valence-corrected chi connectivity index (χ1v) is 10.3. The number of nitrogens with zero attached hydrogens (tertiary/aromatic N) is 2. The number of hydrogen-bond acceptors (Lipinski definition) is 8. The summed E-state index contributed by atoms with van der Waals surface area (Å²) in [5, 5.41) is 7.89. The van der Waals surface area contributed by atoms with Crippen LogP contribution in [0.15, 0.2) is 75.4 Å². The third-order valence-corrected chi connectivity index (χ3v) is 5.08. The summed E-state index contributed by atoms with van der Waals surface area (Å²) in [4.78, 5) is 29.7. The average Bonchev–Trinajstić information content (AvgIpc) is 2.85. The first-order valence-electron chi connectivity index (χ1n) is 9.55. The Bertz CT molecular complexity index is 1140. The zero-order valence-electron chi connectivity index (χ0n) is 18.0. The Morgan fingerprint density at radius 2 is 1.48 bits per heavy atom. The van der Waals surface area contributed by atoms with E-state index >= 15 is 0 Å². The number of benzene rings is 2. The number of carbonyl (C=O) groups excluding carboxylic acids is 2. The van der Waals surface area contributed by atoms with E-state index in [-0.39, 0.29) is 11.5 Å². The third-order valence-electron chi connectivity index (χ3n) is 4.39. The lowest BCUT2D eigenvalue weighted by Crippen LogP contribution is -2.19. The molecular weight excluding hydrogens is 494 g/mol. The number of hydrazone groups is 1. The molecule has 0 heterocycles. The number of hydrogen-bond donors (Lipinski definition) is 1. The van der Waals surface area contributed by atoms with E-state index in [9.17, 15) is 9.59 Å². The normalized spacial score (nSPS) is 12.1. The summed E-state index contributed by atoms with van der Waals surface area (Å²) >= 11 is 3.33. The molecule has 2 aromatic carbocycles. The van der Waals surface area contributed by atoms with Crippen LogP contribution >= 0.6 is 15.9 Å². The quantitative estimate of drug-likeness (QED) is 0.341. The van der Waals surface area contributed by atoms with E-state index in [1.807, 2.05) is 6.07 Å². The SMILES string of the molecule is COc1cc(C(=O)ON=C2C=CC(=NNC(=O)c3ccccc3Br)C=C2)cc(OC)c1OC. The standard InChI is InChI=1S/C23H20BrN3O6/c1-30-19-12-14(13-20(31-2)21(19)32-3)23(29)33-27-16-10-8-15(9-11-16)25-26-22(28)17-6-4-5-7-18(17)24/h4-13H,1-3H3,(H,26,28). The predicted molar refractivity (Wildman–Crippen MR) is 126 cm³/mol. The molecule has 9 nitrogen and oxygen atoms in total. The zero-order chi connectivity index (χ0) is 23.8. The molecule has 10 heteroatoms. The van der Waals surface area contributed by atoms with Crippen molar-refractivity contribution in [3.63, 3.8) is 0 Å². The average molecular weight is 514 g/mol. The van der Waals surface area contributed by atoms with Crippen molar-refractivity contribution in [1.29, 1.82) is 0 Å². The largest absolute Gasteiger partial charge is 0.493 e. The molecule has 0 saturated heterocycles. The lowest BCUT2D eigenvalue weighted by atomic mass is 10.1. The third kappa shape index (κ3) is 5.86. The van der Waals surface area contributed by atoms with Gasteiger partial charge >= 0.3 is 5.97 Å². The van der Waals surface area contributed by atoms with Crippen LogP contribution in [-0.4, -0.2) is 44.6 Å². The summed E-state index contributed by atoms with van der Waals surface area (Å²) < 4.78 is 16.4. The fourth-order valence-corrected chi connectivity index (χ4v) is 3.22. The van der Waals surface area contributed by atoms with Gasteiger partial charge in [0.15, 0.2) is 11.5 Å². The van der Waals surface area contributed by atoms with Crippen LogP contribution in [0.3, 0.4) is 0 Å². The highest BCUT2D eigenvalue weighted by Crippen LogP contribution is 2.38. The highest BCUT2D eigenvalue weighted by Gasteiger charge is 2.18. The molecule has 0 aliphatic heterocycles. The number of methoxy groups -OCH3 is 3. The Balaban J connectivity index is 1.64. The Kier molecular flexibility index (Phi) is 7.98. The number of carbonyl (C=O) groups is 2. The fraction of sp³-hybridized carbons (Fsp3) is 0.130. The van der Waals surface area contributed by atoms with Gasteiger partial charge in [0.1, 0.15) is 5.71 Å². The molecule has 0 saturated carbocycles. The molecule has 0 atom stereocenters. The van der Waals surface area contributed by atoms with Gasteiger partial charge in [-0.25, -0.2) is 10.2 Å². The first-order chi connectivity index (χ1) is 16.0. The number of allylic oxidation sites excluding steroid dienone is 4.